The van der Waals surface area contributed by atoms with Gasteiger partial charge in [0.25, 0.3) is 0 Å². The molecule has 2 saturated heterocycles. The molecule has 1 aromatic carbocycles. The fourth-order valence-electron chi connectivity index (χ4n) is 8.64. The molecule has 1 spiro atoms. The summed E-state index contributed by atoms with van der Waals surface area (Å²) in [5.74, 6) is 0.222. The molecule has 4 aliphatic heterocycles. The van der Waals surface area contributed by atoms with Crippen LogP contribution in [-0.4, -0.2) is 64.3 Å². The number of ketones is 1. The molecule has 8 nitrogen and oxygen atoms in total. The molecule has 3 fully saturated rings. The number of rotatable bonds is 2. The van der Waals surface area contributed by atoms with Crippen LogP contribution in [0.2, 0.25) is 0 Å². The lowest BCUT2D eigenvalue weighted by atomic mass is 9.60. The van der Waals surface area contributed by atoms with Gasteiger partial charge in [-0.1, -0.05) is 19.9 Å². The quantitative estimate of drug-likeness (QED) is 0.664. The maximum absolute atomic E-state index is 14.7. The van der Waals surface area contributed by atoms with Gasteiger partial charge in [0, 0.05) is 24.5 Å². The van der Waals surface area contributed by atoms with Gasteiger partial charge in [-0.05, 0) is 69.0 Å². The number of hydrogen-bond donors (Lipinski definition) is 1. The van der Waals surface area contributed by atoms with Gasteiger partial charge in [0.1, 0.15) is 5.75 Å². The van der Waals surface area contributed by atoms with Crippen LogP contribution in [0.4, 0.5) is 5.69 Å². The number of ether oxygens (including phenoxy) is 1. The minimum atomic E-state index is -1.07. The van der Waals surface area contributed by atoms with Crippen molar-refractivity contribution in [2.45, 2.75) is 82.3 Å². The van der Waals surface area contributed by atoms with E-state index in [9.17, 15) is 20.0 Å². The normalized spacial score (nSPS) is 37.4. The van der Waals surface area contributed by atoms with Crippen molar-refractivity contribution in [2.75, 3.05) is 25.1 Å². The number of carbonyl (C=O) groups is 2. The largest absolute Gasteiger partial charge is 0.762 e. The van der Waals surface area contributed by atoms with E-state index in [1.165, 1.54) is 0 Å². The standard InChI is InChI=1S/C26H34N3O5/c1-23(2)12-17(30)20-18(34-5)9-8-16-21(20)28(23)22(31)26(16)13-25(29(32)33)14-27-10-6-7-15(27)11-19(25)24(26,3)4/h8-9,15,19,32H,6-7,10-14H2,1-5H3/q-1. The van der Waals surface area contributed by atoms with Crippen LogP contribution in [-0.2, 0) is 10.2 Å². The lowest BCUT2D eigenvalue weighted by Crippen LogP contribution is -2.61. The number of Topliss-reactive ketones (excluding diaryl/α,β-unsaturated/α-hetero) is 1. The molecule has 1 amide bonds. The molecule has 34 heavy (non-hydrogen) atoms. The minimum absolute atomic E-state index is 0.0315. The van der Waals surface area contributed by atoms with Crippen LogP contribution in [0.15, 0.2) is 12.1 Å². The lowest BCUT2D eigenvalue weighted by molar-refractivity contribution is -0.178. The molecule has 1 N–H and O–H groups in total. The summed E-state index contributed by atoms with van der Waals surface area (Å²) in [5.41, 5.74) is -1.48. The molecule has 0 radical (unpaired) electrons. The van der Waals surface area contributed by atoms with Gasteiger partial charge in [-0.15, -0.1) is 0 Å². The van der Waals surface area contributed by atoms with Crippen molar-refractivity contribution in [1.82, 2.24) is 10.1 Å². The first kappa shape index (κ1) is 22.5. The number of piperidine rings is 1. The molecule has 8 heteroatoms. The van der Waals surface area contributed by atoms with Crippen molar-refractivity contribution in [3.05, 3.63) is 28.5 Å². The van der Waals surface area contributed by atoms with E-state index in [4.69, 9.17) is 4.74 Å². The molecule has 1 aliphatic carbocycles. The highest BCUT2D eigenvalue weighted by Crippen LogP contribution is 2.70. The van der Waals surface area contributed by atoms with Crippen molar-refractivity contribution in [3.8, 4) is 5.75 Å². The van der Waals surface area contributed by atoms with E-state index in [1.807, 2.05) is 24.8 Å². The van der Waals surface area contributed by atoms with Crippen molar-refractivity contribution in [1.29, 1.82) is 0 Å². The van der Waals surface area contributed by atoms with E-state index in [-0.39, 0.29) is 35.7 Å². The number of methoxy groups -OCH3 is 1. The number of hydrogen-bond acceptors (Lipinski definition) is 7. The number of nitrogens with zero attached hydrogens (tertiary/aromatic N) is 3. The minimum Gasteiger partial charge on any atom is -0.762 e. The first-order chi connectivity index (χ1) is 15.9. The van der Waals surface area contributed by atoms with Crippen LogP contribution in [0.1, 0.15) is 75.7 Å². The van der Waals surface area contributed by atoms with Crippen LogP contribution in [0.3, 0.4) is 0 Å². The summed E-state index contributed by atoms with van der Waals surface area (Å²) in [5, 5.41) is 23.8. The molecular formula is C26H34N3O5-. The highest BCUT2D eigenvalue weighted by Gasteiger charge is 2.75. The molecule has 4 unspecified atom stereocenters. The van der Waals surface area contributed by atoms with E-state index in [1.54, 1.807) is 13.2 Å². The molecule has 6 rings (SSSR count). The van der Waals surface area contributed by atoms with E-state index in [2.05, 4.69) is 18.7 Å². The third kappa shape index (κ3) is 2.33. The number of anilines is 1. The summed E-state index contributed by atoms with van der Waals surface area (Å²) >= 11 is 0. The zero-order chi connectivity index (χ0) is 24.4. The van der Waals surface area contributed by atoms with Gasteiger partial charge >= 0.3 is 0 Å². The molecule has 1 saturated carbocycles. The summed E-state index contributed by atoms with van der Waals surface area (Å²) in [4.78, 5) is 32.1. The number of hydroxylamine groups is 2. The summed E-state index contributed by atoms with van der Waals surface area (Å²) in [6.07, 6.45) is 3.40. The third-order valence-corrected chi connectivity index (χ3v) is 10.1. The van der Waals surface area contributed by atoms with Crippen molar-refractivity contribution in [2.24, 2.45) is 11.3 Å². The van der Waals surface area contributed by atoms with E-state index >= 15 is 0 Å². The summed E-state index contributed by atoms with van der Waals surface area (Å²) < 4.78 is 5.56. The second-order valence-corrected chi connectivity index (χ2v) is 12.3. The molecule has 0 bridgehead atoms. The Labute approximate surface area is 200 Å². The SMILES string of the molecule is COc1ccc2c3c1C(=O)CC(C)(C)N3C(=O)C21CC2(N([O-])O)CN3CCCC3CC2C1(C)C. The molecule has 5 aliphatic rings. The average molecular weight is 469 g/mol. The van der Waals surface area contributed by atoms with Gasteiger partial charge in [0.2, 0.25) is 5.91 Å². The van der Waals surface area contributed by atoms with Gasteiger partial charge in [0.15, 0.2) is 5.78 Å². The second-order valence-electron chi connectivity index (χ2n) is 12.3. The Morgan fingerprint density at radius 3 is 2.62 bits per heavy atom. The van der Waals surface area contributed by atoms with Crippen molar-refractivity contribution in [3.63, 3.8) is 0 Å². The summed E-state index contributed by atoms with van der Waals surface area (Å²) in [7, 11) is 1.54. The van der Waals surface area contributed by atoms with Gasteiger partial charge in [-0.25, -0.2) is 0 Å². The first-order valence-corrected chi connectivity index (χ1v) is 12.4. The smallest absolute Gasteiger partial charge is 0.238 e. The predicted octanol–water partition coefficient (Wildman–Crippen LogP) is 3.49. The van der Waals surface area contributed by atoms with E-state index in [0.29, 0.717) is 29.6 Å². The maximum atomic E-state index is 14.7. The zero-order valence-electron chi connectivity index (χ0n) is 20.7. The molecule has 1 aromatic rings. The first-order valence-electron chi connectivity index (χ1n) is 12.4. The molecule has 184 valence electrons. The Morgan fingerprint density at radius 2 is 1.94 bits per heavy atom. The van der Waals surface area contributed by atoms with Gasteiger partial charge in [-0.3, -0.25) is 19.7 Å². The predicted molar refractivity (Wildman–Crippen MR) is 126 cm³/mol. The van der Waals surface area contributed by atoms with Gasteiger partial charge < -0.3 is 20.1 Å². The highest BCUT2D eigenvalue weighted by molar-refractivity contribution is 6.19. The molecule has 4 heterocycles. The van der Waals surface area contributed by atoms with Crippen LogP contribution >= 0.6 is 0 Å². The zero-order valence-corrected chi connectivity index (χ0v) is 20.7. The van der Waals surface area contributed by atoms with Crippen LogP contribution in [0, 0.1) is 16.5 Å². The van der Waals surface area contributed by atoms with Crippen LogP contribution in [0.25, 0.3) is 0 Å². The number of amides is 1. The molecule has 0 aromatic heterocycles. The van der Waals surface area contributed by atoms with Gasteiger partial charge in [0.05, 0.1) is 29.3 Å². The lowest BCUT2D eigenvalue weighted by Gasteiger charge is -2.55. The molecule has 4 atom stereocenters. The molecular weight excluding hydrogens is 434 g/mol. The number of fused-ring (bicyclic) bond motifs is 3. The number of benzene rings is 1. The average Bonchev–Trinajstić information content (AvgIpc) is 3.37. The van der Waals surface area contributed by atoms with Crippen molar-refractivity contribution >= 4 is 17.4 Å². The Morgan fingerprint density at radius 1 is 1.21 bits per heavy atom. The Hall–Kier alpha value is -2.00. The Bertz CT molecular complexity index is 1110. The maximum Gasteiger partial charge on any atom is 0.238 e. The van der Waals surface area contributed by atoms with E-state index < -0.39 is 21.9 Å². The fraction of sp³-hybridized carbons (Fsp3) is 0.692. The Balaban J connectivity index is 1.62. The van der Waals surface area contributed by atoms with Gasteiger partial charge in [-0.2, -0.15) is 0 Å². The topological polar surface area (TPSA) is 96.4 Å². The fourth-order valence-corrected chi connectivity index (χ4v) is 8.64. The Kier molecular flexibility index (Phi) is 4.36. The third-order valence-electron chi connectivity index (χ3n) is 10.1. The number of carbonyl (C=O) groups excluding carboxylic acids is 2. The highest BCUT2D eigenvalue weighted by atomic mass is 16.8. The monoisotopic (exact) mass is 468 g/mol. The van der Waals surface area contributed by atoms with E-state index in [0.717, 1.165) is 31.4 Å². The van der Waals surface area contributed by atoms with Crippen LogP contribution < -0.4 is 9.64 Å². The summed E-state index contributed by atoms with van der Waals surface area (Å²) in [6, 6.07) is 4.09. The summed E-state index contributed by atoms with van der Waals surface area (Å²) in [6.45, 7) is 9.42. The van der Waals surface area contributed by atoms with Crippen molar-refractivity contribution < 1.29 is 19.5 Å². The second kappa shape index (κ2) is 6.60. The van der Waals surface area contributed by atoms with Crippen LogP contribution in [0.5, 0.6) is 5.75 Å².